The van der Waals surface area contributed by atoms with Crippen molar-refractivity contribution in [1.82, 2.24) is 10.2 Å². The van der Waals surface area contributed by atoms with E-state index in [1.807, 2.05) is 6.92 Å². The van der Waals surface area contributed by atoms with Crippen LogP contribution in [0.15, 0.2) is 28.7 Å². The lowest BCUT2D eigenvalue weighted by atomic mass is 9.92. The topological polar surface area (TPSA) is 49.4 Å². The summed E-state index contributed by atoms with van der Waals surface area (Å²) in [5.41, 5.74) is 0.353. The normalized spacial score (nSPS) is 20.4. The molecule has 4 nitrogen and oxygen atoms in total. The largest absolute Gasteiger partial charge is 0.356 e. The molecule has 6 heteroatoms. The van der Waals surface area contributed by atoms with E-state index in [9.17, 15) is 14.0 Å². The molecule has 0 bridgehead atoms. The summed E-state index contributed by atoms with van der Waals surface area (Å²) in [7, 11) is 0. The van der Waals surface area contributed by atoms with E-state index in [-0.39, 0.29) is 29.6 Å². The third-order valence-electron chi connectivity index (χ3n) is 4.73. The number of piperidine rings is 1. The number of likely N-dealkylation sites (tertiary alicyclic amines) is 1. The Morgan fingerprint density at radius 2 is 2.15 bits per heavy atom. The molecule has 2 rings (SSSR count). The molecule has 26 heavy (non-hydrogen) atoms. The van der Waals surface area contributed by atoms with Crippen LogP contribution in [0.2, 0.25) is 0 Å². The lowest BCUT2D eigenvalue weighted by Crippen LogP contribution is -2.49. The van der Waals surface area contributed by atoms with Gasteiger partial charge in [-0.05, 0) is 50.5 Å². The Labute approximate surface area is 163 Å². The first-order valence-corrected chi connectivity index (χ1v) is 9.93. The third-order valence-corrected chi connectivity index (χ3v) is 5.22. The van der Waals surface area contributed by atoms with E-state index < -0.39 is 0 Å². The van der Waals surface area contributed by atoms with E-state index in [1.54, 1.807) is 17.0 Å². The van der Waals surface area contributed by atoms with Gasteiger partial charge in [0.2, 0.25) is 11.8 Å². The smallest absolute Gasteiger partial charge is 0.246 e. The molecule has 1 N–H and O–H groups in total. The van der Waals surface area contributed by atoms with Crippen LogP contribution in [0.1, 0.15) is 45.1 Å². The fourth-order valence-electron chi connectivity index (χ4n) is 3.06. The average molecular weight is 425 g/mol. The van der Waals surface area contributed by atoms with Crippen molar-refractivity contribution in [2.45, 2.75) is 45.6 Å². The predicted octanol–water partition coefficient (Wildman–Crippen LogP) is 4.14. The number of amides is 2. The van der Waals surface area contributed by atoms with Gasteiger partial charge in [-0.1, -0.05) is 29.3 Å². The molecule has 1 aromatic carbocycles. The van der Waals surface area contributed by atoms with Crippen molar-refractivity contribution >= 4 is 33.8 Å². The summed E-state index contributed by atoms with van der Waals surface area (Å²) in [5, 5.41) is 2.95. The van der Waals surface area contributed by atoms with Crippen LogP contribution in [0.3, 0.4) is 0 Å². The number of nitrogens with zero attached hydrogens (tertiary/aromatic N) is 1. The molecule has 1 aliphatic rings. The summed E-state index contributed by atoms with van der Waals surface area (Å²) < 4.78 is 14.6. The van der Waals surface area contributed by atoms with Crippen LogP contribution < -0.4 is 5.32 Å². The number of benzene rings is 1. The molecule has 1 aromatic rings. The third kappa shape index (κ3) is 5.66. The predicted molar refractivity (Wildman–Crippen MR) is 105 cm³/mol. The Balaban J connectivity index is 2.01. The Hall–Kier alpha value is -1.69. The number of unbranched alkanes of at least 4 members (excludes halogenated alkanes) is 1. The maximum atomic E-state index is 13.8. The Kier molecular flexibility index (Phi) is 7.82. The molecule has 0 saturated carbocycles. The fraction of sp³-hybridized carbons (Fsp3) is 0.500. The number of carbonyl (C=O) groups excluding carboxylic acids is 2. The highest BCUT2D eigenvalue weighted by Gasteiger charge is 2.31. The van der Waals surface area contributed by atoms with Gasteiger partial charge in [0, 0.05) is 35.2 Å². The average Bonchev–Trinajstić information content (AvgIpc) is 2.62. The van der Waals surface area contributed by atoms with Gasteiger partial charge < -0.3 is 10.2 Å². The molecular weight excluding hydrogens is 399 g/mol. The molecule has 0 radical (unpaired) electrons. The Morgan fingerprint density at radius 1 is 1.38 bits per heavy atom. The number of hydrogen-bond acceptors (Lipinski definition) is 2. The summed E-state index contributed by atoms with van der Waals surface area (Å²) >= 11 is 3.30. The van der Waals surface area contributed by atoms with Crippen molar-refractivity contribution in [2.75, 3.05) is 13.1 Å². The molecule has 2 amide bonds. The number of hydrogen-bond donors (Lipinski definition) is 1. The minimum absolute atomic E-state index is 0.0187. The van der Waals surface area contributed by atoms with E-state index >= 15 is 0 Å². The maximum Gasteiger partial charge on any atom is 0.246 e. The Morgan fingerprint density at radius 3 is 2.88 bits per heavy atom. The van der Waals surface area contributed by atoms with Crippen LogP contribution in [0.5, 0.6) is 0 Å². The highest BCUT2D eigenvalue weighted by atomic mass is 79.9. The van der Waals surface area contributed by atoms with Crippen molar-refractivity contribution in [3.63, 3.8) is 0 Å². The highest BCUT2D eigenvalue weighted by Crippen LogP contribution is 2.23. The van der Waals surface area contributed by atoms with Gasteiger partial charge in [0.25, 0.3) is 0 Å². The van der Waals surface area contributed by atoms with Crippen LogP contribution in [-0.4, -0.2) is 35.8 Å². The van der Waals surface area contributed by atoms with Gasteiger partial charge in [-0.3, -0.25) is 9.59 Å². The Bertz CT molecular complexity index is 678. The van der Waals surface area contributed by atoms with Gasteiger partial charge >= 0.3 is 0 Å². The second kappa shape index (κ2) is 9.86. The van der Waals surface area contributed by atoms with Gasteiger partial charge in [-0.2, -0.15) is 0 Å². The first-order chi connectivity index (χ1) is 12.4. The van der Waals surface area contributed by atoms with Crippen molar-refractivity contribution in [1.29, 1.82) is 0 Å². The number of halogens is 2. The van der Waals surface area contributed by atoms with E-state index in [4.69, 9.17) is 0 Å². The molecule has 0 aromatic heterocycles. The van der Waals surface area contributed by atoms with Crippen molar-refractivity contribution in [2.24, 2.45) is 5.92 Å². The number of carbonyl (C=O) groups is 2. The van der Waals surface area contributed by atoms with Crippen LogP contribution in [0.4, 0.5) is 4.39 Å². The highest BCUT2D eigenvalue weighted by molar-refractivity contribution is 9.10. The van der Waals surface area contributed by atoms with Gasteiger partial charge in [0.1, 0.15) is 5.82 Å². The summed E-state index contributed by atoms with van der Waals surface area (Å²) in [5.74, 6) is -0.728. The molecule has 0 spiro atoms. The van der Waals surface area contributed by atoms with Gasteiger partial charge in [-0.25, -0.2) is 4.39 Å². The lowest BCUT2D eigenvalue weighted by molar-refractivity contribution is -0.134. The summed E-state index contributed by atoms with van der Waals surface area (Å²) in [6.45, 7) is 5.15. The zero-order valence-electron chi connectivity index (χ0n) is 15.3. The maximum absolute atomic E-state index is 13.8. The summed E-state index contributed by atoms with van der Waals surface area (Å²) in [6.07, 6.45) is 6.43. The standard InChI is InChI=1S/C20H26BrFN2O2/c1-3-4-11-23-20(26)16-6-5-14(2)24(13-16)19(25)10-7-15-12-17(21)8-9-18(15)22/h7-10,12,14,16H,3-6,11,13H2,1-2H3,(H,23,26)/b10-7+. The van der Waals surface area contributed by atoms with E-state index in [1.165, 1.54) is 18.2 Å². The molecule has 2 unspecified atom stereocenters. The first-order valence-electron chi connectivity index (χ1n) is 9.13. The van der Waals surface area contributed by atoms with Crippen LogP contribution >= 0.6 is 15.9 Å². The molecular formula is C20H26BrFN2O2. The molecule has 142 valence electrons. The molecule has 1 heterocycles. The van der Waals surface area contributed by atoms with Crippen LogP contribution in [0, 0.1) is 11.7 Å². The second-order valence-corrected chi connectivity index (χ2v) is 7.67. The van der Waals surface area contributed by atoms with Crippen molar-refractivity contribution < 1.29 is 14.0 Å². The van der Waals surface area contributed by atoms with Crippen LogP contribution in [-0.2, 0) is 9.59 Å². The second-order valence-electron chi connectivity index (χ2n) is 6.76. The molecule has 2 atom stereocenters. The minimum atomic E-state index is -0.378. The van der Waals surface area contributed by atoms with Gasteiger partial charge in [-0.15, -0.1) is 0 Å². The van der Waals surface area contributed by atoms with Gasteiger partial charge in [0.05, 0.1) is 5.92 Å². The monoisotopic (exact) mass is 424 g/mol. The summed E-state index contributed by atoms with van der Waals surface area (Å²) in [6, 6.07) is 4.67. The quantitative estimate of drug-likeness (QED) is 0.550. The first kappa shape index (κ1) is 20.6. The van der Waals surface area contributed by atoms with Crippen LogP contribution in [0.25, 0.3) is 6.08 Å². The van der Waals surface area contributed by atoms with E-state index in [0.29, 0.717) is 18.7 Å². The zero-order valence-corrected chi connectivity index (χ0v) is 16.9. The number of rotatable bonds is 6. The summed E-state index contributed by atoms with van der Waals surface area (Å²) in [4.78, 5) is 26.6. The minimum Gasteiger partial charge on any atom is -0.356 e. The lowest BCUT2D eigenvalue weighted by Gasteiger charge is -2.36. The molecule has 1 aliphatic heterocycles. The molecule has 0 aliphatic carbocycles. The SMILES string of the molecule is CCCCNC(=O)C1CCC(C)N(C(=O)/C=C/c2cc(Br)ccc2F)C1. The molecule has 1 saturated heterocycles. The van der Waals surface area contributed by atoms with Gasteiger partial charge in [0.15, 0.2) is 0 Å². The van der Waals surface area contributed by atoms with E-state index in [0.717, 1.165) is 30.2 Å². The van der Waals surface area contributed by atoms with E-state index in [2.05, 4.69) is 28.2 Å². The fourth-order valence-corrected chi connectivity index (χ4v) is 3.44. The zero-order chi connectivity index (χ0) is 19.1. The molecule has 1 fully saturated rings. The van der Waals surface area contributed by atoms with Crippen molar-refractivity contribution in [3.8, 4) is 0 Å². The number of nitrogens with one attached hydrogen (secondary N) is 1. The van der Waals surface area contributed by atoms with Crippen molar-refractivity contribution in [3.05, 3.63) is 40.1 Å².